The van der Waals surface area contributed by atoms with Crippen LogP contribution in [-0.2, 0) is 11.2 Å². The SMILES string of the molecule is CCc1ccccc1NC(=S)NNC(=O)[C@H](C)Oc1ccc2ccccc2c1. The van der Waals surface area contributed by atoms with Crippen molar-refractivity contribution in [2.75, 3.05) is 5.32 Å². The number of carbonyl (C=O) groups excluding carboxylic acids is 1. The van der Waals surface area contributed by atoms with E-state index in [1.807, 2.05) is 66.7 Å². The van der Waals surface area contributed by atoms with Crippen molar-refractivity contribution in [2.24, 2.45) is 0 Å². The van der Waals surface area contributed by atoms with Gasteiger partial charge in [0.1, 0.15) is 5.75 Å². The summed E-state index contributed by atoms with van der Waals surface area (Å²) >= 11 is 5.25. The maximum atomic E-state index is 12.3. The fraction of sp³-hybridized carbons (Fsp3) is 0.182. The lowest BCUT2D eigenvalue weighted by atomic mass is 10.1. The van der Waals surface area contributed by atoms with E-state index in [2.05, 4.69) is 23.1 Å². The van der Waals surface area contributed by atoms with E-state index < -0.39 is 6.10 Å². The summed E-state index contributed by atoms with van der Waals surface area (Å²) < 4.78 is 5.76. The van der Waals surface area contributed by atoms with Crippen molar-refractivity contribution in [1.82, 2.24) is 10.9 Å². The third-order valence-electron chi connectivity index (χ3n) is 4.35. The average Bonchev–Trinajstić information content (AvgIpc) is 2.72. The second-order valence-corrected chi connectivity index (χ2v) is 6.76. The van der Waals surface area contributed by atoms with Crippen LogP contribution in [0.2, 0.25) is 0 Å². The second-order valence-electron chi connectivity index (χ2n) is 6.35. The first-order valence-corrected chi connectivity index (χ1v) is 9.58. The summed E-state index contributed by atoms with van der Waals surface area (Å²) in [7, 11) is 0. The summed E-state index contributed by atoms with van der Waals surface area (Å²) in [4.78, 5) is 12.3. The van der Waals surface area contributed by atoms with Gasteiger partial charge in [0.15, 0.2) is 11.2 Å². The number of ether oxygens (including phenoxy) is 1. The van der Waals surface area contributed by atoms with Crippen LogP contribution in [0.4, 0.5) is 5.69 Å². The number of hydrogen-bond donors (Lipinski definition) is 3. The maximum absolute atomic E-state index is 12.3. The van der Waals surface area contributed by atoms with Crippen LogP contribution in [0, 0.1) is 0 Å². The number of anilines is 1. The lowest BCUT2D eigenvalue weighted by Gasteiger charge is -2.17. The number of carbonyl (C=O) groups is 1. The number of para-hydroxylation sites is 1. The maximum Gasteiger partial charge on any atom is 0.279 e. The van der Waals surface area contributed by atoms with Crippen LogP contribution in [0.15, 0.2) is 66.7 Å². The van der Waals surface area contributed by atoms with Gasteiger partial charge in [0, 0.05) is 5.69 Å². The van der Waals surface area contributed by atoms with E-state index in [4.69, 9.17) is 17.0 Å². The molecule has 0 saturated heterocycles. The molecule has 0 bridgehead atoms. The van der Waals surface area contributed by atoms with E-state index in [-0.39, 0.29) is 5.91 Å². The number of thiocarbonyl (C=S) groups is 1. The Bertz CT molecular complexity index is 990. The van der Waals surface area contributed by atoms with Gasteiger partial charge in [0.25, 0.3) is 5.91 Å². The van der Waals surface area contributed by atoms with Crippen LogP contribution in [0.1, 0.15) is 19.4 Å². The van der Waals surface area contributed by atoms with Gasteiger partial charge in [-0.05, 0) is 60.1 Å². The van der Waals surface area contributed by atoms with Crippen molar-refractivity contribution < 1.29 is 9.53 Å². The molecule has 0 aromatic heterocycles. The molecule has 5 nitrogen and oxygen atoms in total. The highest BCUT2D eigenvalue weighted by molar-refractivity contribution is 7.80. The van der Waals surface area contributed by atoms with E-state index in [9.17, 15) is 4.79 Å². The van der Waals surface area contributed by atoms with Gasteiger partial charge < -0.3 is 10.1 Å². The molecule has 3 aromatic rings. The Hall–Kier alpha value is -3.12. The van der Waals surface area contributed by atoms with Crippen LogP contribution in [0.5, 0.6) is 5.75 Å². The zero-order valence-corrected chi connectivity index (χ0v) is 16.7. The van der Waals surface area contributed by atoms with E-state index in [0.29, 0.717) is 10.9 Å². The van der Waals surface area contributed by atoms with Gasteiger partial charge in [-0.3, -0.25) is 15.6 Å². The fourth-order valence-corrected chi connectivity index (χ4v) is 2.98. The monoisotopic (exact) mass is 393 g/mol. The predicted octanol–water partition coefficient (Wildman–Crippen LogP) is 4.19. The molecule has 0 fully saturated rings. The Morgan fingerprint density at radius 3 is 2.50 bits per heavy atom. The number of benzene rings is 3. The minimum Gasteiger partial charge on any atom is -0.481 e. The van der Waals surface area contributed by atoms with Gasteiger partial charge in [0.2, 0.25) is 0 Å². The Morgan fingerprint density at radius 2 is 1.71 bits per heavy atom. The molecule has 28 heavy (non-hydrogen) atoms. The van der Waals surface area contributed by atoms with Crippen molar-refractivity contribution >= 4 is 39.7 Å². The summed E-state index contributed by atoms with van der Waals surface area (Å²) in [6, 6.07) is 21.6. The molecular weight excluding hydrogens is 370 g/mol. The molecule has 0 radical (unpaired) electrons. The smallest absolute Gasteiger partial charge is 0.279 e. The second kappa shape index (κ2) is 9.19. The molecule has 0 aliphatic carbocycles. The molecule has 0 spiro atoms. The number of rotatable bonds is 5. The molecule has 6 heteroatoms. The van der Waals surface area contributed by atoms with E-state index >= 15 is 0 Å². The number of amides is 1. The molecule has 0 aliphatic rings. The summed E-state index contributed by atoms with van der Waals surface area (Å²) in [6.45, 7) is 3.76. The molecular formula is C22H23N3O2S. The van der Waals surface area contributed by atoms with Crippen LogP contribution < -0.4 is 20.9 Å². The highest BCUT2D eigenvalue weighted by atomic mass is 32.1. The summed E-state index contributed by atoms with van der Waals surface area (Å²) in [5.74, 6) is 0.319. The van der Waals surface area contributed by atoms with Crippen molar-refractivity contribution in [2.45, 2.75) is 26.4 Å². The fourth-order valence-electron chi connectivity index (χ4n) is 2.82. The van der Waals surface area contributed by atoms with Gasteiger partial charge in [-0.2, -0.15) is 0 Å². The number of hydrogen-bond acceptors (Lipinski definition) is 3. The molecule has 0 heterocycles. The summed E-state index contributed by atoms with van der Waals surface area (Å²) in [5, 5.41) is 5.59. The summed E-state index contributed by atoms with van der Waals surface area (Å²) in [5.41, 5.74) is 7.36. The molecule has 1 atom stereocenters. The normalized spacial score (nSPS) is 11.5. The molecule has 0 aliphatic heterocycles. The van der Waals surface area contributed by atoms with E-state index in [1.165, 1.54) is 0 Å². The first kappa shape index (κ1) is 19.6. The van der Waals surface area contributed by atoms with Crippen LogP contribution >= 0.6 is 12.2 Å². The molecule has 3 N–H and O–H groups in total. The van der Waals surface area contributed by atoms with Crippen molar-refractivity contribution in [3.8, 4) is 5.75 Å². The first-order chi connectivity index (χ1) is 13.6. The highest BCUT2D eigenvalue weighted by Crippen LogP contribution is 2.21. The number of nitrogens with one attached hydrogen (secondary N) is 3. The third-order valence-corrected chi connectivity index (χ3v) is 4.55. The quantitative estimate of drug-likeness (QED) is 0.448. The Balaban J connectivity index is 1.52. The molecule has 0 saturated carbocycles. The van der Waals surface area contributed by atoms with Gasteiger partial charge >= 0.3 is 0 Å². The Labute approximate surface area is 170 Å². The van der Waals surface area contributed by atoms with Crippen molar-refractivity contribution in [3.05, 3.63) is 72.3 Å². The minimum atomic E-state index is -0.681. The predicted molar refractivity (Wildman–Crippen MR) is 117 cm³/mol. The highest BCUT2D eigenvalue weighted by Gasteiger charge is 2.15. The first-order valence-electron chi connectivity index (χ1n) is 9.17. The zero-order chi connectivity index (χ0) is 19.9. The number of hydrazine groups is 1. The van der Waals surface area contributed by atoms with Gasteiger partial charge in [-0.25, -0.2) is 0 Å². The largest absolute Gasteiger partial charge is 0.481 e. The Morgan fingerprint density at radius 1 is 1.00 bits per heavy atom. The molecule has 3 aromatic carbocycles. The van der Waals surface area contributed by atoms with Crippen LogP contribution in [-0.4, -0.2) is 17.1 Å². The van der Waals surface area contributed by atoms with Crippen molar-refractivity contribution in [3.63, 3.8) is 0 Å². The molecule has 144 valence electrons. The third kappa shape index (κ3) is 4.98. The standard InChI is InChI=1S/C22H23N3O2S/c1-3-16-8-6-7-11-20(16)23-22(28)25-24-21(26)15(2)27-19-13-12-17-9-4-5-10-18(17)14-19/h4-15H,3H2,1-2H3,(H,24,26)(H2,23,25,28)/t15-/m0/s1. The lowest BCUT2D eigenvalue weighted by molar-refractivity contribution is -0.127. The van der Waals surface area contributed by atoms with Crippen LogP contribution in [0.25, 0.3) is 10.8 Å². The zero-order valence-electron chi connectivity index (χ0n) is 15.9. The van der Waals surface area contributed by atoms with Gasteiger partial charge in [0.05, 0.1) is 0 Å². The van der Waals surface area contributed by atoms with Crippen LogP contribution in [0.3, 0.4) is 0 Å². The molecule has 0 unspecified atom stereocenters. The van der Waals surface area contributed by atoms with Gasteiger partial charge in [-0.1, -0.05) is 55.5 Å². The number of aryl methyl sites for hydroxylation is 1. The topological polar surface area (TPSA) is 62.4 Å². The average molecular weight is 394 g/mol. The molecule has 1 amide bonds. The minimum absolute atomic E-state index is 0.312. The number of fused-ring (bicyclic) bond motifs is 1. The summed E-state index contributed by atoms with van der Waals surface area (Å²) in [6.07, 6.45) is 0.203. The molecule has 3 rings (SSSR count). The lowest BCUT2D eigenvalue weighted by Crippen LogP contribution is -2.48. The van der Waals surface area contributed by atoms with E-state index in [0.717, 1.165) is 28.4 Å². The van der Waals surface area contributed by atoms with Crippen molar-refractivity contribution in [1.29, 1.82) is 0 Å². The Kier molecular flexibility index (Phi) is 6.45. The van der Waals surface area contributed by atoms with Gasteiger partial charge in [-0.15, -0.1) is 0 Å². The van der Waals surface area contributed by atoms with E-state index in [1.54, 1.807) is 6.92 Å².